The van der Waals surface area contributed by atoms with E-state index in [1.54, 1.807) is 47.3 Å². The summed E-state index contributed by atoms with van der Waals surface area (Å²) in [7, 11) is 0. The highest BCUT2D eigenvalue weighted by Crippen LogP contribution is 2.30. The predicted molar refractivity (Wildman–Crippen MR) is 127 cm³/mol. The minimum Gasteiger partial charge on any atom is -0.368 e. The molecule has 3 aromatic rings. The van der Waals surface area contributed by atoms with E-state index in [0.29, 0.717) is 32.1 Å². The van der Waals surface area contributed by atoms with Gasteiger partial charge in [-0.25, -0.2) is 4.68 Å². The van der Waals surface area contributed by atoms with Crippen LogP contribution in [0.25, 0.3) is 16.9 Å². The lowest BCUT2D eigenvalue weighted by Gasteiger charge is -2.19. The Morgan fingerprint density at radius 3 is 2.34 bits per heavy atom. The van der Waals surface area contributed by atoms with Crippen molar-refractivity contribution in [3.8, 4) is 23.1 Å². The molecule has 164 valence electrons. The molecule has 0 aliphatic rings. The normalized spacial score (nSPS) is 12.5. The third-order valence-electron chi connectivity index (χ3n) is 4.66. The van der Waals surface area contributed by atoms with Crippen molar-refractivity contribution in [1.82, 2.24) is 15.1 Å². The Balaban J connectivity index is 2.18. The standard InChI is InChI=1S/C22H19Cl3N6O/c1-12(2)20(21(27)32)29-22(28-11-26)17-10-19(13-3-5-14(23)6-4-13)31(30-17)18-8-7-15(24)9-16(18)25/h3-10,12,20H,1-2H3,(H2,27,32)(H,28,29)/t20-/m0/s1. The van der Waals surface area contributed by atoms with Gasteiger partial charge >= 0.3 is 0 Å². The van der Waals surface area contributed by atoms with Crippen LogP contribution < -0.4 is 11.1 Å². The summed E-state index contributed by atoms with van der Waals surface area (Å²) >= 11 is 18.5. The highest BCUT2D eigenvalue weighted by atomic mass is 35.5. The summed E-state index contributed by atoms with van der Waals surface area (Å²) in [5, 5.41) is 18.2. The van der Waals surface area contributed by atoms with Gasteiger partial charge in [0.15, 0.2) is 5.84 Å². The van der Waals surface area contributed by atoms with Crippen LogP contribution in [0.3, 0.4) is 0 Å². The zero-order valence-corrected chi connectivity index (χ0v) is 19.4. The number of nitriles is 1. The van der Waals surface area contributed by atoms with Crippen LogP contribution >= 0.6 is 34.8 Å². The van der Waals surface area contributed by atoms with Crippen LogP contribution in [0.4, 0.5) is 0 Å². The van der Waals surface area contributed by atoms with Crippen molar-refractivity contribution in [2.45, 2.75) is 19.9 Å². The highest BCUT2D eigenvalue weighted by Gasteiger charge is 2.24. The molecule has 0 radical (unpaired) electrons. The number of amidine groups is 1. The lowest BCUT2D eigenvalue weighted by molar-refractivity contribution is -0.120. The molecule has 3 N–H and O–H groups in total. The fourth-order valence-electron chi connectivity index (χ4n) is 3.09. The molecule has 0 aliphatic carbocycles. The molecule has 0 bridgehead atoms. The number of benzene rings is 2. The van der Waals surface area contributed by atoms with Gasteiger partial charge in [0.2, 0.25) is 12.1 Å². The van der Waals surface area contributed by atoms with E-state index in [0.717, 1.165) is 5.56 Å². The maximum atomic E-state index is 11.9. The first-order chi connectivity index (χ1) is 15.2. The molecule has 1 atom stereocenters. The minimum atomic E-state index is -0.745. The monoisotopic (exact) mass is 488 g/mol. The van der Waals surface area contributed by atoms with Gasteiger partial charge in [0.1, 0.15) is 11.7 Å². The van der Waals surface area contributed by atoms with Gasteiger partial charge < -0.3 is 11.1 Å². The van der Waals surface area contributed by atoms with Crippen LogP contribution in [0.2, 0.25) is 15.1 Å². The van der Waals surface area contributed by atoms with Gasteiger partial charge in [0, 0.05) is 15.6 Å². The number of nitrogens with two attached hydrogens (primary N) is 1. The molecule has 1 aromatic heterocycles. The number of halogens is 3. The average molecular weight is 490 g/mol. The molecule has 1 heterocycles. The molecular formula is C22H19Cl3N6O. The van der Waals surface area contributed by atoms with Crippen LogP contribution in [0.1, 0.15) is 19.5 Å². The van der Waals surface area contributed by atoms with Crippen molar-refractivity contribution in [3.63, 3.8) is 0 Å². The van der Waals surface area contributed by atoms with E-state index in [2.05, 4.69) is 15.4 Å². The quantitative estimate of drug-likeness (QED) is 0.294. The number of aliphatic imine (C=N–C) groups is 1. The molecule has 0 unspecified atom stereocenters. The molecule has 0 saturated carbocycles. The van der Waals surface area contributed by atoms with Crippen LogP contribution in [0.15, 0.2) is 53.5 Å². The maximum Gasteiger partial charge on any atom is 0.240 e. The van der Waals surface area contributed by atoms with Gasteiger partial charge in [0.05, 0.1) is 16.4 Å². The van der Waals surface area contributed by atoms with E-state index in [4.69, 9.17) is 40.5 Å². The SMILES string of the molecule is CC(C)[C@H](NC(=NC#N)c1cc(-c2ccc(Cl)cc2)n(-c2ccc(Cl)cc2Cl)n1)C(N)=O. The zero-order chi connectivity index (χ0) is 23.4. The number of rotatable bonds is 6. The van der Waals surface area contributed by atoms with Gasteiger partial charge in [-0.2, -0.15) is 15.4 Å². The largest absolute Gasteiger partial charge is 0.368 e. The molecule has 0 saturated heterocycles. The van der Waals surface area contributed by atoms with Crippen LogP contribution in [-0.4, -0.2) is 27.6 Å². The fraction of sp³-hybridized carbons (Fsp3) is 0.182. The molecule has 10 heteroatoms. The third-order valence-corrected chi connectivity index (χ3v) is 5.45. The molecule has 7 nitrogen and oxygen atoms in total. The number of nitrogens with zero attached hydrogens (tertiary/aromatic N) is 4. The van der Waals surface area contributed by atoms with Gasteiger partial charge in [-0.1, -0.05) is 60.8 Å². The Morgan fingerprint density at radius 2 is 1.78 bits per heavy atom. The molecule has 1 amide bonds. The Hall–Kier alpha value is -3.05. The molecule has 32 heavy (non-hydrogen) atoms. The van der Waals surface area contributed by atoms with Gasteiger partial charge in [-0.05, 0) is 42.3 Å². The molecule has 0 aliphatic heterocycles. The number of hydrogen-bond donors (Lipinski definition) is 2. The number of carbonyl (C=O) groups is 1. The highest BCUT2D eigenvalue weighted by molar-refractivity contribution is 6.35. The molecule has 3 rings (SSSR count). The first kappa shape index (κ1) is 23.6. The molecular weight excluding hydrogens is 471 g/mol. The second-order valence-corrected chi connectivity index (χ2v) is 8.54. The first-order valence-corrected chi connectivity index (χ1v) is 10.7. The minimum absolute atomic E-state index is 0.115. The summed E-state index contributed by atoms with van der Waals surface area (Å²) in [6.45, 7) is 3.66. The lowest BCUT2D eigenvalue weighted by atomic mass is 10.0. The summed E-state index contributed by atoms with van der Waals surface area (Å²) in [4.78, 5) is 15.7. The van der Waals surface area contributed by atoms with Crippen LogP contribution in [-0.2, 0) is 4.79 Å². The van der Waals surface area contributed by atoms with Crippen LogP contribution in [0, 0.1) is 17.4 Å². The van der Waals surface area contributed by atoms with Gasteiger partial charge in [0.25, 0.3) is 0 Å². The second-order valence-electron chi connectivity index (χ2n) is 7.26. The predicted octanol–water partition coefficient (Wildman–Crippen LogP) is 4.83. The first-order valence-electron chi connectivity index (χ1n) is 9.55. The van der Waals surface area contributed by atoms with E-state index in [1.165, 1.54) is 0 Å². The van der Waals surface area contributed by atoms with E-state index < -0.39 is 11.9 Å². The Labute approximate surface area is 200 Å². The van der Waals surface area contributed by atoms with Crippen molar-refractivity contribution in [1.29, 1.82) is 5.26 Å². The lowest BCUT2D eigenvalue weighted by Crippen LogP contribution is -2.48. The van der Waals surface area contributed by atoms with Gasteiger partial charge in [-0.15, -0.1) is 0 Å². The summed E-state index contributed by atoms with van der Waals surface area (Å²) in [6.07, 6.45) is 1.75. The smallest absolute Gasteiger partial charge is 0.240 e. The fourth-order valence-corrected chi connectivity index (χ4v) is 3.70. The van der Waals surface area contributed by atoms with Crippen molar-refractivity contribution >= 4 is 46.5 Å². The van der Waals surface area contributed by atoms with Crippen molar-refractivity contribution in [3.05, 3.63) is 69.3 Å². The summed E-state index contributed by atoms with van der Waals surface area (Å²) in [5.74, 6) is -0.590. The number of amides is 1. The van der Waals surface area contributed by atoms with Gasteiger partial charge in [-0.3, -0.25) is 4.79 Å². The molecule has 2 aromatic carbocycles. The topological polar surface area (TPSA) is 109 Å². The summed E-state index contributed by atoms with van der Waals surface area (Å²) in [5.41, 5.74) is 7.87. The van der Waals surface area contributed by atoms with Crippen LogP contribution in [0.5, 0.6) is 0 Å². The van der Waals surface area contributed by atoms with Crippen molar-refractivity contribution in [2.75, 3.05) is 0 Å². The average Bonchev–Trinajstić information content (AvgIpc) is 3.16. The van der Waals surface area contributed by atoms with E-state index in [9.17, 15) is 10.1 Å². The molecule has 0 fully saturated rings. The third kappa shape index (κ3) is 5.22. The second kappa shape index (κ2) is 10.0. The number of primary amides is 1. The van der Waals surface area contributed by atoms with Crippen molar-refractivity contribution < 1.29 is 4.79 Å². The maximum absolute atomic E-state index is 11.9. The number of nitrogens with one attached hydrogen (secondary N) is 1. The Bertz CT molecular complexity index is 1210. The summed E-state index contributed by atoms with van der Waals surface area (Å²) in [6, 6.07) is 13.2. The molecule has 0 spiro atoms. The number of carbonyl (C=O) groups excluding carboxylic acids is 1. The summed E-state index contributed by atoms with van der Waals surface area (Å²) < 4.78 is 1.61. The number of hydrogen-bond acceptors (Lipinski definition) is 4. The van der Waals surface area contributed by atoms with E-state index in [-0.39, 0.29) is 11.8 Å². The zero-order valence-electron chi connectivity index (χ0n) is 17.2. The number of aromatic nitrogens is 2. The Kier molecular flexibility index (Phi) is 7.41. The van der Waals surface area contributed by atoms with E-state index in [1.807, 2.05) is 26.0 Å². The Morgan fingerprint density at radius 1 is 1.12 bits per heavy atom. The van der Waals surface area contributed by atoms with Crippen molar-refractivity contribution in [2.24, 2.45) is 16.6 Å². The van der Waals surface area contributed by atoms with E-state index >= 15 is 0 Å².